The highest BCUT2D eigenvalue weighted by Crippen LogP contribution is 2.19. The van der Waals surface area contributed by atoms with Gasteiger partial charge in [-0.05, 0) is 102 Å². The van der Waals surface area contributed by atoms with Crippen molar-refractivity contribution in [1.82, 2.24) is 9.80 Å². The molecule has 4 aromatic rings. The zero-order valence-electron chi connectivity index (χ0n) is 32.8. The Hall–Kier alpha value is -6.83. The first-order chi connectivity index (χ1) is 29.4. The second-order valence-corrected chi connectivity index (χ2v) is 12.7. The molecule has 0 radical (unpaired) electrons. The van der Waals surface area contributed by atoms with E-state index in [0.717, 1.165) is 5.56 Å². The molecular formula is C46H44N2O12. The van der Waals surface area contributed by atoms with Crippen molar-refractivity contribution in [3.05, 3.63) is 119 Å². The highest BCUT2D eigenvalue weighted by Gasteiger charge is 2.18. The summed E-state index contributed by atoms with van der Waals surface area (Å²) >= 11 is 0. The van der Waals surface area contributed by atoms with Crippen LogP contribution in [0.4, 0.5) is 0 Å². The van der Waals surface area contributed by atoms with Crippen LogP contribution in [0.2, 0.25) is 0 Å². The molecule has 0 spiro atoms. The highest BCUT2D eigenvalue weighted by atomic mass is 17.2. The van der Waals surface area contributed by atoms with E-state index in [2.05, 4.69) is 29.8 Å². The van der Waals surface area contributed by atoms with Gasteiger partial charge in [0.15, 0.2) is 5.75 Å². The normalized spacial score (nSPS) is 14.3. The molecule has 14 nitrogen and oxygen atoms in total. The van der Waals surface area contributed by atoms with Crippen LogP contribution in [-0.4, -0.2) is 112 Å². The first-order valence-electron chi connectivity index (χ1n) is 19.0. The Bertz CT molecular complexity index is 2120. The minimum absolute atomic E-state index is 0.0406. The summed E-state index contributed by atoms with van der Waals surface area (Å²) in [5.41, 5.74) is 1.99. The summed E-state index contributed by atoms with van der Waals surface area (Å²) in [4.78, 5) is 53.5. The summed E-state index contributed by atoms with van der Waals surface area (Å²) < 4.78 is 33.8. The van der Waals surface area contributed by atoms with Crippen LogP contribution in [0, 0.1) is 36.2 Å². The van der Waals surface area contributed by atoms with Crippen LogP contribution in [-0.2, 0) is 30.4 Å². The summed E-state index contributed by atoms with van der Waals surface area (Å²) in [6.45, 7) is 3.69. The number of hydrogen-bond donors (Lipinski definition) is 1. The number of amides is 2. The van der Waals surface area contributed by atoms with Crippen molar-refractivity contribution >= 4 is 17.8 Å². The molecule has 1 fully saturated rings. The number of phenols is 1. The second kappa shape index (κ2) is 24.8. The summed E-state index contributed by atoms with van der Waals surface area (Å²) in [5.74, 6) is 9.75. The Morgan fingerprint density at radius 3 is 1.53 bits per heavy atom. The number of carbonyl (C=O) groups excluding carboxylic acids is 3. The fraction of sp³-hybridized carbons (Fsp3) is 0.283. The number of esters is 1. The SMILES string of the molecule is C#CC#CC#COc1ccc(COOc2ccc(C(=O)N3CCOCCOCCN(C(=O)c4ccc(OC(=O)c5ccc(O)cc5)cc4)CCOCCOCC3)cc2)cc1. The minimum Gasteiger partial charge on any atom is -0.508 e. The lowest BCUT2D eigenvalue weighted by Gasteiger charge is -2.24. The summed E-state index contributed by atoms with van der Waals surface area (Å²) in [7, 11) is 0. The van der Waals surface area contributed by atoms with Crippen LogP contribution in [0.5, 0.6) is 23.0 Å². The fourth-order valence-electron chi connectivity index (χ4n) is 5.42. The molecule has 0 aliphatic carbocycles. The predicted molar refractivity (Wildman–Crippen MR) is 218 cm³/mol. The van der Waals surface area contributed by atoms with Crippen molar-refractivity contribution in [3.8, 4) is 59.2 Å². The van der Waals surface area contributed by atoms with Gasteiger partial charge in [0.1, 0.15) is 30.0 Å². The van der Waals surface area contributed by atoms with E-state index >= 15 is 0 Å². The first kappa shape index (κ1) is 44.3. The monoisotopic (exact) mass is 816 g/mol. The fourth-order valence-corrected chi connectivity index (χ4v) is 5.42. The van der Waals surface area contributed by atoms with E-state index in [1.54, 1.807) is 70.5 Å². The van der Waals surface area contributed by atoms with E-state index in [1.807, 2.05) is 12.1 Å². The average molecular weight is 817 g/mol. The third kappa shape index (κ3) is 15.2. The van der Waals surface area contributed by atoms with Crippen molar-refractivity contribution < 1.29 is 57.7 Å². The van der Waals surface area contributed by atoms with Crippen LogP contribution in [0.15, 0.2) is 97.1 Å². The minimum atomic E-state index is -0.587. The third-order valence-corrected chi connectivity index (χ3v) is 8.58. The molecule has 14 heteroatoms. The van der Waals surface area contributed by atoms with Gasteiger partial charge in [0, 0.05) is 49.1 Å². The second-order valence-electron chi connectivity index (χ2n) is 12.7. The van der Waals surface area contributed by atoms with Gasteiger partial charge in [-0.3, -0.25) is 9.59 Å². The van der Waals surface area contributed by atoms with Gasteiger partial charge in [-0.1, -0.05) is 12.1 Å². The maximum Gasteiger partial charge on any atom is 0.343 e. The molecule has 0 bridgehead atoms. The zero-order valence-corrected chi connectivity index (χ0v) is 32.8. The largest absolute Gasteiger partial charge is 0.508 e. The number of ether oxygens (including phenoxy) is 6. The van der Waals surface area contributed by atoms with Crippen LogP contribution in [0.3, 0.4) is 0 Å². The van der Waals surface area contributed by atoms with Gasteiger partial charge in [-0.2, -0.15) is 4.89 Å². The van der Waals surface area contributed by atoms with Crippen molar-refractivity contribution in [2.45, 2.75) is 6.61 Å². The average Bonchev–Trinajstić information content (AvgIpc) is 3.27. The van der Waals surface area contributed by atoms with Gasteiger partial charge in [-0.25, -0.2) is 4.79 Å². The van der Waals surface area contributed by atoms with Crippen molar-refractivity contribution in [1.29, 1.82) is 0 Å². The molecule has 5 rings (SSSR count). The van der Waals surface area contributed by atoms with Crippen molar-refractivity contribution in [2.75, 3.05) is 79.0 Å². The van der Waals surface area contributed by atoms with Crippen LogP contribution >= 0.6 is 0 Å². The molecule has 4 aromatic carbocycles. The maximum atomic E-state index is 13.5. The molecule has 0 aromatic heterocycles. The number of nitrogens with zero attached hydrogens (tertiary/aromatic N) is 2. The van der Waals surface area contributed by atoms with Crippen molar-refractivity contribution in [3.63, 3.8) is 0 Å². The molecule has 2 amide bonds. The van der Waals surface area contributed by atoms with Gasteiger partial charge in [0.25, 0.3) is 11.8 Å². The number of hydrogen-bond acceptors (Lipinski definition) is 12. The molecule has 60 heavy (non-hydrogen) atoms. The quantitative estimate of drug-likeness (QED) is 0.0816. The van der Waals surface area contributed by atoms with E-state index in [4.69, 9.17) is 44.6 Å². The Morgan fingerprint density at radius 1 is 0.567 bits per heavy atom. The molecule has 1 N–H and O–H groups in total. The molecule has 1 aliphatic heterocycles. The number of rotatable bonds is 9. The number of phenolic OH excluding ortho intramolecular Hbond substituents is 1. The van der Waals surface area contributed by atoms with Gasteiger partial charge < -0.3 is 48.2 Å². The molecule has 1 heterocycles. The van der Waals surface area contributed by atoms with Gasteiger partial charge in [0.2, 0.25) is 0 Å². The first-order valence-corrected chi connectivity index (χ1v) is 19.0. The standard InChI is InChI=1S/C46H44N2O12/c1-2-3-4-5-26-57-41-16-6-36(7-17-41)35-58-60-43-20-12-38(13-21-43)45(51)48-24-29-55-33-31-53-27-22-47(23-28-54-32-34-56-30-25-48)44(50)37-10-18-42(19-11-37)59-46(52)39-8-14-40(49)15-9-39/h1,6-21,49H,22-25,27-35H2. The Labute approximate surface area is 348 Å². The molecule has 310 valence electrons. The summed E-state index contributed by atoms with van der Waals surface area (Å²) in [6.07, 6.45) is 7.50. The zero-order chi connectivity index (χ0) is 42.2. The lowest BCUT2D eigenvalue weighted by atomic mass is 10.2. The molecule has 0 atom stereocenters. The Balaban J connectivity index is 1.04. The van der Waals surface area contributed by atoms with Gasteiger partial charge >= 0.3 is 5.97 Å². The molecule has 0 unspecified atom stereocenters. The van der Waals surface area contributed by atoms with Crippen molar-refractivity contribution in [2.24, 2.45) is 0 Å². The Morgan fingerprint density at radius 2 is 1.03 bits per heavy atom. The van der Waals surface area contributed by atoms with E-state index in [9.17, 15) is 19.5 Å². The number of aromatic hydroxyl groups is 1. The lowest BCUT2D eigenvalue weighted by molar-refractivity contribution is -0.217. The van der Waals surface area contributed by atoms with Gasteiger partial charge in [-0.15, -0.1) is 6.42 Å². The van der Waals surface area contributed by atoms with Crippen LogP contribution in [0.1, 0.15) is 36.6 Å². The van der Waals surface area contributed by atoms with Crippen LogP contribution < -0.4 is 14.4 Å². The van der Waals surface area contributed by atoms with Crippen LogP contribution in [0.25, 0.3) is 0 Å². The summed E-state index contributed by atoms with van der Waals surface area (Å²) in [6, 6.07) is 25.7. The molecule has 1 aliphatic rings. The third-order valence-electron chi connectivity index (χ3n) is 8.58. The molecule has 1 saturated heterocycles. The smallest absolute Gasteiger partial charge is 0.343 e. The van der Waals surface area contributed by atoms with E-state index in [-0.39, 0.29) is 61.9 Å². The van der Waals surface area contributed by atoms with E-state index < -0.39 is 5.97 Å². The molecule has 0 saturated carbocycles. The topological polar surface area (TPSA) is 152 Å². The lowest BCUT2D eigenvalue weighted by Crippen LogP contribution is -2.38. The predicted octanol–water partition coefficient (Wildman–Crippen LogP) is 4.76. The van der Waals surface area contributed by atoms with E-state index in [1.165, 1.54) is 24.3 Å². The maximum absolute atomic E-state index is 13.5. The summed E-state index contributed by atoms with van der Waals surface area (Å²) in [5, 5.41) is 9.45. The Kier molecular flexibility index (Phi) is 18.3. The van der Waals surface area contributed by atoms with E-state index in [0.29, 0.717) is 75.2 Å². The molecular weight excluding hydrogens is 773 g/mol. The van der Waals surface area contributed by atoms with Gasteiger partial charge in [0.05, 0.1) is 58.4 Å². The number of benzene rings is 4. The number of terminal acetylenes is 1. The highest BCUT2D eigenvalue weighted by molar-refractivity contribution is 5.95. The number of carbonyl (C=O) groups is 3.